The van der Waals surface area contributed by atoms with E-state index in [2.05, 4.69) is 52.1 Å². The SMILES string of the molecule is Cc1ncsc1-c1ccc([C@H](C)NCC2C[C@@H](O)CN2C(=O)[C@@H](NC(=O)CCCCCc2ccc(F)c(OC[C@H](CCC(N)=O)NC(=O)C[C@@H]3Cc4cccc5c4N3C(=O)[C@@H](N)CC5)c2)C(C)(C)C)cc1. The van der Waals surface area contributed by atoms with E-state index in [9.17, 15) is 29.1 Å². The second-order valence-electron chi connectivity index (χ2n) is 20.7. The third kappa shape index (κ3) is 13.6. The fourth-order valence-corrected chi connectivity index (χ4v) is 10.9. The van der Waals surface area contributed by atoms with Crippen molar-refractivity contribution >= 4 is 46.6 Å². The number of unbranched alkanes of at least 4 members (excludes halogenated alkanes) is 2. The highest BCUT2D eigenvalue weighted by Crippen LogP contribution is 2.40. The number of hydrogen-bond acceptors (Lipinski definition) is 11. The molecular formula is C54H71FN8O7S. The minimum absolute atomic E-state index is 0.00419. The molecule has 8 N–H and O–H groups in total. The summed E-state index contributed by atoms with van der Waals surface area (Å²) in [6.45, 7) is 10.4. The standard InChI is InChI=1S/C54H71FN8O7S/c1-32(35-15-17-37(18-16-35)50-33(2)59-31-71-50)58-28-41-26-42(64)29-62(41)53(69)51(54(3,4)5)61-47(66)13-8-6-7-10-34-14-21-43(55)45(24-34)70-30-39(20-23-46(57)65)60-48(67)27-40-25-38-12-9-11-36-19-22-44(56)52(68)63(40)49(36)38/h9,11-12,14-18,21,24,31-32,39-42,44,51,58,64H,6-8,10,13,19-20,22-23,25-30,56H2,1-5H3,(H2,57,65)(H,60,67)(H,61,66)/t32-,39-,40-,41?,42+,44-,51+/m0/s1. The fraction of sp³-hybridized carbons (Fsp3) is 0.519. The van der Waals surface area contributed by atoms with Crippen molar-refractivity contribution in [2.75, 3.05) is 24.6 Å². The number of likely N-dealkylation sites (tertiary alicyclic amines) is 1. The molecule has 5 amide bonds. The van der Waals surface area contributed by atoms with Crippen molar-refractivity contribution in [3.8, 4) is 16.2 Å². The number of hydrogen-bond donors (Lipinski definition) is 6. The van der Waals surface area contributed by atoms with Crippen LogP contribution >= 0.6 is 11.3 Å². The number of benzene rings is 3. The van der Waals surface area contributed by atoms with Crippen LogP contribution in [0.1, 0.15) is 119 Å². The molecule has 7 atom stereocenters. The van der Waals surface area contributed by atoms with Gasteiger partial charge in [-0.3, -0.25) is 24.0 Å². The highest BCUT2D eigenvalue weighted by atomic mass is 32.1. The monoisotopic (exact) mass is 995 g/mol. The second kappa shape index (κ2) is 23.7. The van der Waals surface area contributed by atoms with Gasteiger partial charge < -0.3 is 47.1 Å². The maximum Gasteiger partial charge on any atom is 0.246 e. The van der Waals surface area contributed by atoms with Crippen molar-refractivity contribution in [2.24, 2.45) is 16.9 Å². The zero-order valence-electron chi connectivity index (χ0n) is 41.7. The quantitative estimate of drug-likeness (QED) is 0.0508. The average Bonchev–Trinajstić information content (AvgIpc) is 4.03. The number of aliphatic hydroxyl groups excluding tert-OH is 1. The smallest absolute Gasteiger partial charge is 0.246 e. The Morgan fingerprint density at radius 1 is 0.986 bits per heavy atom. The van der Waals surface area contributed by atoms with Crippen LogP contribution in [-0.2, 0) is 43.2 Å². The van der Waals surface area contributed by atoms with E-state index in [1.165, 1.54) is 6.07 Å². The summed E-state index contributed by atoms with van der Waals surface area (Å²) >= 11 is 1.62. The Balaban J connectivity index is 0.862. The number of primary amides is 1. The van der Waals surface area contributed by atoms with Crippen molar-refractivity contribution in [3.63, 3.8) is 0 Å². The Morgan fingerprint density at radius 3 is 2.46 bits per heavy atom. The first-order chi connectivity index (χ1) is 33.9. The van der Waals surface area contributed by atoms with Gasteiger partial charge in [0.05, 0.1) is 40.0 Å². The average molecular weight is 995 g/mol. The number of carbonyl (C=O) groups is 5. The number of β-amino-alcohol motifs (C(OH)–C–C–N with tert-alkyl or cyclic N) is 1. The Morgan fingerprint density at radius 2 is 1.75 bits per heavy atom. The van der Waals surface area contributed by atoms with E-state index < -0.39 is 47.4 Å². The van der Waals surface area contributed by atoms with Crippen molar-refractivity contribution < 1.29 is 38.2 Å². The number of halogens is 1. The molecule has 3 aliphatic heterocycles. The van der Waals surface area contributed by atoms with E-state index in [1.807, 2.05) is 51.4 Å². The van der Waals surface area contributed by atoms with Crippen LogP contribution < -0.4 is 37.1 Å². The minimum Gasteiger partial charge on any atom is -0.488 e. The summed E-state index contributed by atoms with van der Waals surface area (Å²) in [6, 6.07) is 16.2. The van der Waals surface area contributed by atoms with Gasteiger partial charge in [0, 0.05) is 50.5 Å². The van der Waals surface area contributed by atoms with Gasteiger partial charge in [-0.15, -0.1) is 11.3 Å². The van der Waals surface area contributed by atoms with Crippen LogP contribution in [0.3, 0.4) is 0 Å². The van der Waals surface area contributed by atoms with E-state index in [0.29, 0.717) is 57.9 Å². The third-order valence-electron chi connectivity index (χ3n) is 14.0. The number of ether oxygens (including phenoxy) is 1. The van der Waals surface area contributed by atoms with E-state index in [4.69, 9.17) is 16.2 Å². The Labute approximate surface area is 420 Å². The molecule has 0 aliphatic carbocycles. The van der Waals surface area contributed by atoms with Crippen LogP contribution in [0.15, 0.2) is 66.2 Å². The van der Waals surface area contributed by atoms with Crippen molar-refractivity contribution in [1.82, 2.24) is 25.8 Å². The predicted octanol–water partition coefficient (Wildman–Crippen LogP) is 5.95. The van der Waals surface area contributed by atoms with E-state index >= 15 is 4.39 Å². The highest BCUT2D eigenvalue weighted by Gasteiger charge is 2.43. The molecule has 0 radical (unpaired) electrons. The minimum atomic E-state index is -0.790. The van der Waals surface area contributed by atoms with E-state index in [-0.39, 0.29) is 80.3 Å². The number of thiazole rings is 1. The van der Waals surface area contributed by atoms with Gasteiger partial charge in [-0.05, 0) is 111 Å². The maximum atomic E-state index is 15.1. The van der Waals surface area contributed by atoms with Gasteiger partial charge in [0.1, 0.15) is 12.6 Å². The maximum absolute atomic E-state index is 15.1. The molecule has 1 fully saturated rings. The van der Waals surface area contributed by atoms with Crippen LogP contribution in [0, 0.1) is 18.2 Å². The first-order valence-electron chi connectivity index (χ1n) is 25.1. The zero-order chi connectivity index (χ0) is 51.0. The summed E-state index contributed by atoms with van der Waals surface area (Å²) in [5, 5.41) is 20.3. The molecule has 17 heteroatoms. The van der Waals surface area contributed by atoms with Gasteiger partial charge in [0.15, 0.2) is 11.6 Å². The van der Waals surface area contributed by atoms with Gasteiger partial charge >= 0.3 is 0 Å². The summed E-state index contributed by atoms with van der Waals surface area (Å²) in [6.07, 6.45) is 4.46. The molecule has 1 aromatic heterocycles. The lowest BCUT2D eigenvalue weighted by atomic mass is 9.85. The molecule has 71 heavy (non-hydrogen) atoms. The van der Waals surface area contributed by atoms with Gasteiger partial charge in [0.2, 0.25) is 29.5 Å². The number of aromatic nitrogens is 1. The van der Waals surface area contributed by atoms with Gasteiger partial charge in [-0.1, -0.05) is 75.7 Å². The highest BCUT2D eigenvalue weighted by molar-refractivity contribution is 7.13. The molecule has 3 aromatic carbocycles. The van der Waals surface area contributed by atoms with Crippen molar-refractivity contribution in [1.29, 1.82) is 0 Å². The lowest BCUT2D eigenvalue weighted by Gasteiger charge is -2.36. The van der Waals surface area contributed by atoms with Crippen LogP contribution in [0.25, 0.3) is 10.4 Å². The number of amides is 5. The molecule has 0 saturated carbocycles. The van der Waals surface area contributed by atoms with Crippen LogP contribution in [-0.4, -0.2) is 101 Å². The zero-order valence-corrected chi connectivity index (χ0v) is 42.5. The third-order valence-corrected chi connectivity index (χ3v) is 15.0. The summed E-state index contributed by atoms with van der Waals surface area (Å²) in [5.41, 5.74) is 19.9. The molecule has 15 nitrogen and oxygen atoms in total. The van der Waals surface area contributed by atoms with Crippen molar-refractivity contribution in [3.05, 3.63) is 99.9 Å². The first-order valence-corrected chi connectivity index (χ1v) is 25.9. The number of aliphatic hydroxyl groups is 1. The Bertz CT molecular complexity index is 2530. The normalized spacial score (nSPS) is 20.0. The summed E-state index contributed by atoms with van der Waals surface area (Å²) < 4.78 is 21.0. The fourth-order valence-electron chi connectivity index (χ4n) is 10.1. The summed E-state index contributed by atoms with van der Waals surface area (Å²) in [4.78, 5) is 75.1. The number of aryl methyl sites for hydroxylation is 3. The molecule has 0 spiro atoms. The van der Waals surface area contributed by atoms with Gasteiger partial charge in [-0.25, -0.2) is 9.37 Å². The number of nitrogens with one attached hydrogen (secondary N) is 3. The largest absolute Gasteiger partial charge is 0.488 e. The lowest BCUT2D eigenvalue weighted by Crippen LogP contribution is -2.56. The second-order valence-corrected chi connectivity index (χ2v) is 21.5. The molecule has 4 heterocycles. The molecule has 0 bridgehead atoms. The number of para-hydroxylation sites is 1. The summed E-state index contributed by atoms with van der Waals surface area (Å²) in [7, 11) is 0. The topological polar surface area (TPSA) is 222 Å². The summed E-state index contributed by atoms with van der Waals surface area (Å²) in [5.74, 6) is -2.10. The molecule has 382 valence electrons. The van der Waals surface area contributed by atoms with E-state index in [0.717, 1.165) is 44.1 Å². The van der Waals surface area contributed by atoms with Crippen molar-refractivity contribution in [2.45, 2.75) is 154 Å². The first kappa shape index (κ1) is 53.1. The predicted molar refractivity (Wildman–Crippen MR) is 273 cm³/mol. The number of rotatable bonds is 22. The molecule has 3 aliphatic rings. The Hall–Kier alpha value is -5.75. The molecule has 1 saturated heterocycles. The van der Waals surface area contributed by atoms with E-state index in [1.54, 1.807) is 33.3 Å². The molecule has 4 aromatic rings. The number of nitrogens with two attached hydrogens (primary N) is 2. The van der Waals surface area contributed by atoms with Crippen LogP contribution in [0.4, 0.5) is 10.1 Å². The van der Waals surface area contributed by atoms with Gasteiger partial charge in [-0.2, -0.15) is 0 Å². The van der Waals surface area contributed by atoms with Crippen LogP contribution in [0.5, 0.6) is 5.75 Å². The lowest BCUT2D eigenvalue weighted by molar-refractivity contribution is -0.140. The number of carbonyl (C=O) groups excluding carboxylic acids is 5. The van der Waals surface area contributed by atoms with Crippen LogP contribution in [0.2, 0.25) is 0 Å². The Kier molecular flexibility index (Phi) is 17.7. The molecule has 1 unspecified atom stereocenters. The van der Waals surface area contributed by atoms with Gasteiger partial charge in [0.25, 0.3) is 0 Å². The molecular weight excluding hydrogens is 924 g/mol. The number of anilines is 1. The number of nitrogens with zero attached hydrogens (tertiary/aromatic N) is 3. The molecule has 7 rings (SSSR count).